The number of hydrogen-bond acceptors (Lipinski definition) is 5. The highest BCUT2D eigenvalue weighted by Gasteiger charge is 2.21. The summed E-state index contributed by atoms with van der Waals surface area (Å²) >= 11 is 0. The van der Waals surface area contributed by atoms with Crippen molar-refractivity contribution in [3.63, 3.8) is 0 Å². The molecule has 1 aromatic heterocycles. The van der Waals surface area contributed by atoms with Crippen LogP contribution in [0.3, 0.4) is 0 Å². The van der Waals surface area contributed by atoms with Gasteiger partial charge in [-0.05, 0) is 24.3 Å². The van der Waals surface area contributed by atoms with Crippen molar-refractivity contribution in [2.24, 2.45) is 0 Å². The molecule has 5 nitrogen and oxygen atoms in total. The molecule has 3 aromatic rings. The molecule has 0 unspecified atom stereocenters. The van der Waals surface area contributed by atoms with E-state index in [-0.39, 0.29) is 5.82 Å². The number of benzene rings is 2. The summed E-state index contributed by atoms with van der Waals surface area (Å²) in [4.78, 5) is 13.6. The van der Waals surface area contributed by atoms with Crippen molar-refractivity contribution in [2.45, 2.75) is 0 Å². The van der Waals surface area contributed by atoms with Crippen LogP contribution in [-0.2, 0) is 0 Å². The van der Waals surface area contributed by atoms with E-state index in [0.717, 1.165) is 48.8 Å². The van der Waals surface area contributed by atoms with E-state index in [0.29, 0.717) is 5.69 Å². The number of nitrogens with zero attached hydrogens (tertiary/aromatic N) is 4. The Morgan fingerprint density at radius 3 is 2.32 bits per heavy atom. The maximum atomic E-state index is 14.0. The first-order valence-electron chi connectivity index (χ1n) is 8.45. The molecule has 4 rings (SSSR count). The molecule has 1 N–H and O–H groups in total. The number of rotatable bonds is 3. The maximum Gasteiger partial charge on any atom is 0.228 e. The minimum absolute atomic E-state index is 0.171. The van der Waals surface area contributed by atoms with E-state index < -0.39 is 0 Å². The lowest BCUT2D eigenvalue weighted by Crippen LogP contribution is -2.47. The first-order chi connectivity index (χ1) is 12.3. The second-order valence-electron chi connectivity index (χ2n) is 6.06. The molecular weight excluding hydrogens is 317 g/mol. The third-order valence-electron chi connectivity index (χ3n) is 4.58. The Morgan fingerprint density at radius 1 is 0.880 bits per heavy atom. The standard InChI is InChI=1S/C19H20FN5/c1-21-18-14-6-2-4-8-16(14)22-19(23-18)25-12-10-24(11-13-25)17-9-5-3-7-15(17)20/h2-9H,10-13H2,1H3,(H,21,22,23). The summed E-state index contributed by atoms with van der Waals surface area (Å²) < 4.78 is 14.0. The molecule has 2 heterocycles. The van der Waals surface area contributed by atoms with Crippen molar-refractivity contribution in [1.29, 1.82) is 0 Å². The van der Waals surface area contributed by atoms with Crippen molar-refractivity contribution < 1.29 is 4.39 Å². The van der Waals surface area contributed by atoms with Gasteiger partial charge >= 0.3 is 0 Å². The van der Waals surface area contributed by atoms with Crippen LogP contribution in [-0.4, -0.2) is 43.2 Å². The lowest BCUT2D eigenvalue weighted by Gasteiger charge is -2.36. The smallest absolute Gasteiger partial charge is 0.228 e. The average molecular weight is 337 g/mol. The number of anilines is 3. The topological polar surface area (TPSA) is 44.3 Å². The molecule has 0 amide bonds. The summed E-state index contributed by atoms with van der Waals surface area (Å²) in [6.07, 6.45) is 0. The van der Waals surface area contributed by atoms with Crippen LogP contribution in [0.1, 0.15) is 0 Å². The first kappa shape index (κ1) is 15.6. The zero-order valence-electron chi connectivity index (χ0n) is 14.1. The van der Waals surface area contributed by atoms with Crippen LogP contribution in [0.15, 0.2) is 48.5 Å². The molecule has 0 bridgehead atoms. The summed E-state index contributed by atoms with van der Waals surface area (Å²) in [5.41, 5.74) is 1.59. The summed E-state index contributed by atoms with van der Waals surface area (Å²) in [7, 11) is 1.87. The molecule has 0 radical (unpaired) electrons. The molecule has 1 saturated heterocycles. The fourth-order valence-corrected chi connectivity index (χ4v) is 3.25. The van der Waals surface area contributed by atoms with E-state index in [1.54, 1.807) is 6.07 Å². The van der Waals surface area contributed by atoms with Crippen LogP contribution in [0.5, 0.6) is 0 Å². The lowest BCUT2D eigenvalue weighted by molar-refractivity contribution is 0.594. The van der Waals surface area contributed by atoms with E-state index in [2.05, 4.69) is 20.1 Å². The number of hydrogen-bond donors (Lipinski definition) is 1. The number of nitrogens with one attached hydrogen (secondary N) is 1. The Hall–Kier alpha value is -2.89. The van der Waals surface area contributed by atoms with Gasteiger partial charge < -0.3 is 15.1 Å². The summed E-state index contributed by atoms with van der Waals surface area (Å²) in [5.74, 6) is 1.38. The van der Waals surface area contributed by atoms with E-state index in [4.69, 9.17) is 4.98 Å². The first-order valence-corrected chi connectivity index (χ1v) is 8.45. The highest BCUT2D eigenvalue weighted by atomic mass is 19.1. The summed E-state index contributed by atoms with van der Waals surface area (Å²) in [6.45, 7) is 3.00. The molecule has 0 saturated carbocycles. The quantitative estimate of drug-likeness (QED) is 0.795. The zero-order chi connectivity index (χ0) is 17.2. The van der Waals surface area contributed by atoms with Crippen molar-refractivity contribution in [3.05, 3.63) is 54.3 Å². The molecule has 6 heteroatoms. The van der Waals surface area contributed by atoms with Crippen molar-refractivity contribution >= 4 is 28.4 Å². The van der Waals surface area contributed by atoms with Gasteiger partial charge in [-0.2, -0.15) is 4.98 Å². The van der Waals surface area contributed by atoms with Gasteiger partial charge in [-0.15, -0.1) is 0 Å². The minimum Gasteiger partial charge on any atom is -0.372 e. The highest BCUT2D eigenvalue weighted by Crippen LogP contribution is 2.25. The average Bonchev–Trinajstić information content (AvgIpc) is 2.67. The molecule has 1 aliphatic rings. The van der Waals surface area contributed by atoms with Gasteiger partial charge in [-0.25, -0.2) is 9.37 Å². The normalized spacial score (nSPS) is 14.8. The summed E-state index contributed by atoms with van der Waals surface area (Å²) in [6, 6.07) is 14.9. The van der Waals surface area contributed by atoms with E-state index >= 15 is 0 Å². The number of halogens is 1. The molecule has 0 spiro atoms. The summed E-state index contributed by atoms with van der Waals surface area (Å²) in [5, 5.41) is 4.17. The van der Waals surface area contributed by atoms with Crippen LogP contribution in [0.4, 0.5) is 21.8 Å². The number of piperazine rings is 1. The Morgan fingerprint density at radius 2 is 1.56 bits per heavy atom. The molecule has 1 fully saturated rings. The highest BCUT2D eigenvalue weighted by molar-refractivity contribution is 5.90. The van der Waals surface area contributed by atoms with Crippen LogP contribution in [0.2, 0.25) is 0 Å². The molecule has 2 aromatic carbocycles. The third kappa shape index (κ3) is 2.95. The molecule has 128 valence electrons. The van der Waals surface area contributed by atoms with Crippen molar-refractivity contribution in [3.8, 4) is 0 Å². The Balaban J connectivity index is 1.57. The van der Waals surface area contributed by atoms with Gasteiger partial charge in [-0.3, -0.25) is 0 Å². The van der Waals surface area contributed by atoms with E-state index in [1.807, 2.05) is 43.4 Å². The van der Waals surface area contributed by atoms with E-state index in [1.165, 1.54) is 6.07 Å². The van der Waals surface area contributed by atoms with Crippen LogP contribution >= 0.6 is 0 Å². The number of aromatic nitrogens is 2. The SMILES string of the molecule is CNc1nc(N2CCN(c3ccccc3F)CC2)nc2ccccc12. The predicted octanol–water partition coefficient (Wildman–Crippen LogP) is 3.14. The Bertz CT molecular complexity index is 890. The van der Waals surface area contributed by atoms with Crippen LogP contribution < -0.4 is 15.1 Å². The van der Waals surface area contributed by atoms with E-state index in [9.17, 15) is 4.39 Å². The largest absolute Gasteiger partial charge is 0.372 e. The zero-order valence-corrected chi connectivity index (χ0v) is 14.1. The predicted molar refractivity (Wildman–Crippen MR) is 99.9 cm³/mol. The van der Waals surface area contributed by atoms with Gasteiger partial charge in [-0.1, -0.05) is 24.3 Å². The lowest BCUT2D eigenvalue weighted by atomic mass is 10.2. The van der Waals surface area contributed by atoms with Crippen molar-refractivity contribution in [1.82, 2.24) is 9.97 Å². The van der Waals surface area contributed by atoms with Gasteiger partial charge in [0.25, 0.3) is 0 Å². The van der Waals surface area contributed by atoms with Gasteiger partial charge in [0.1, 0.15) is 11.6 Å². The van der Waals surface area contributed by atoms with Crippen molar-refractivity contribution in [2.75, 3.05) is 48.3 Å². The number of para-hydroxylation sites is 2. The molecule has 25 heavy (non-hydrogen) atoms. The maximum absolute atomic E-state index is 14.0. The van der Waals surface area contributed by atoms with Gasteiger partial charge in [0.2, 0.25) is 5.95 Å². The second kappa shape index (κ2) is 6.55. The monoisotopic (exact) mass is 337 g/mol. The van der Waals surface area contributed by atoms with Gasteiger partial charge in [0.05, 0.1) is 11.2 Å². The van der Waals surface area contributed by atoms with Gasteiger partial charge in [0, 0.05) is 38.6 Å². The molecule has 1 aliphatic heterocycles. The number of fused-ring (bicyclic) bond motifs is 1. The fraction of sp³-hybridized carbons (Fsp3) is 0.263. The fourth-order valence-electron chi connectivity index (χ4n) is 3.25. The third-order valence-corrected chi connectivity index (χ3v) is 4.58. The van der Waals surface area contributed by atoms with Crippen LogP contribution in [0, 0.1) is 5.82 Å². The minimum atomic E-state index is -0.171. The van der Waals surface area contributed by atoms with Gasteiger partial charge in [0.15, 0.2) is 0 Å². The molecular formula is C19H20FN5. The Kier molecular flexibility index (Phi) is 4.09. The van der Waals surface area contributed by atoms with Crippen LogP contribution in [0.25, 0.3) is 10.9 Å². The molecule has 0 atom stereocenters. The molecule has 0 aliphatic carbocycles. The Labute approximate surface area is 146 Å². The second-order valence-corrected chi connectivity index (χ2v) is 6.06.